The summed E-state index contributed by atoms with van der Waals surface area (Å²) in [6.07, 6.45) is 1.87. The van der Waals surface area contributed by atoms with Gasteiger partial charge in [0.2, 0.25) is 0 Å². The highest BCUT2D eigenvalue weighted by molar-refractivity contribution is 5.58. The summed E-state index contributed by atoms with van der Waals surface area (Å²) < 4.78 is 13.4. The Hall–Kier alpha value is -2.34. The number of nitrogens with one attached hydrogen (secondary N) is 1. The lowest BCUT2D eigenvalue weighted by Gasteiger charge is -2.16. The molecule has 0 aliphatic heterocycles. The number of nitriles is 1. The van der Waals surface area contributed by atoms with Gasteiger partial charge in [0, 0.05) is 12.2 Å². The van der Waals surface area contributed by atoms with Gasteiger partial charge in [0.05, 0.1) is 11.6 Å². The average Bonchev–Trinajstić information content (AvgIpc) is 2.52. The minimum Gasteiger partial charge on any atom is -0.380 e. The fourth-order valence-corrected chi connectivity index (χ4v) is 2.47. The molecule has 3 heteroatoms. The maximum atomic E-state index is 13.4. The normalized spacial score (nSPS) is 10.2. The van der Waals surface area contributed by atoms with Crippen molar-refractivity contribution >= 4 is 5.69 Å². The number of nitrogens with zero attached hydrogens (tertiary/aromatic N) is 1. The largest absolute Gasteiger partial charge is 0.380 e. The number of benzene rings is 2. The SMILES string of the molecule is CCc1cccc(CC)c1NCc1cc(F)ccc1C#N. The summed E-state index contributed by atoms with van der Waals surface area (Å²) in [7, 11) is 0. The first-order valence-electron chi connectivity index (χ1n) is 7.22. The second-order valence-corrected chi connectivity index (χ2v) is 4.93. The Morgan fingerprint density at radius 3 is 2.29 bits per heavy atom. The highest BCUT2D eigenvalue weighted by Crippen LogP contribution is 2.24. The molecule has 0 saturated heterocycles. The molecule has 0 saturated carbocycles. The molecule has 0 unspecified atom stereocenters. The number of para-hydroxylation sites is 1. The molecule has 0 spiro atoms. The van der Waals surface area contributed by atoms with Gasteiger partial charge in [-0.15, -0.1) is 0 Å². The van der Waals surface area contributed by atoms with Crippen molar-refractivity contribution in [1.82, 2.24) is 0 Å². The molecule has 2 aromatic carbocycles. The van der Waals surface area contributed by atoms with E-state index in [0.29, 0.717) is 17.7 Å². The molecule has 0 bridgehead atoms. The van der Waals surface area contributed by atoms with E-state index in [0.717, 1.165) is 18.5 Å². The summed E-state index contributed by atoms with van der Waals surface area (Å²) in [6.45, 7) is 4.68. The third-order valence-corrected chi connectivity index (χ3v) is 3.64. The van der Waals surface area contributed by atoms with Crippen LogP contribution in [0.5, 0.6) is 0 Å². The van der Waals surface area contributed by atoms with E-state index in [-0.39, 0.29) is 5.82 Å². The van der Waals surface area contributed by atoms with Crippen molar-refractivity contribution in [2.45, 2.75) is 33.2 Å². The molecule has 0 atom stereocenters. The molecule has 2 aromatic rings. The van der Waals surface area contributed by atoms with E-state index in [1.165, 1.54) is 29.3 Å². The van der Waals surface area contributed by atoms with Crippen LogP contribution in [-0.4, -0.2) is 0 Å². The molecule has 0 radical (unpaired) electrons. The van der Waals surface area contributed by atoms with Crippen LogP contribution in [0.25, 0.3) is 0 Å². The van der Waals surface area contributed by atoms with Crippen LogP contribution in [0.4, 0.5) is 10.1 Å². The van der Waals surface area contributed by atoms with Crippen LogP contribution in [0.2, 0.25) is 0 Å². The van der Waals surface area contributed by atoms with Gasteiger partial charge in [-0.25, -0.2) is 4.39 Å². The summed E-state index contributed by atoms with van der Waals surface area (Å²) in [5, 5.41) is 12.5. The van der Waals surface area contributed by atoms with E-state index in [1.807, 2.05) is 0 Å². The minimum atomic E-state index is -0.315. The van der Waals surface area contributed by atoms with Crippen LogP contribution in [-0.2, 0) is 19.4 Å². The van der Waals surface area contributed by atoms with E-state index in [1.54, 1.807) is 0 Å². The van der Waals surface area contributed by atoms with E-state index >= 15 is 0 Å². The molecular formula is C18H19FN2. The topological polar surface area (TPSA) is 35.8 Å². The van der Waals surface area contributed by atoms with E-state index in [2.05, 4.69) is 43.4 Å². The molecule has 0 aromatic heterocycles. The molecule has 1 N–H and O–H groups in total. The van der Waals surface area contributed by atoms with Gasteiger partial charge in [-0.05, 0) is 47.7 Å². The Kier molecular flexibility index (Phi) is 4.94. The average molecular weight is 282 g/mol. The van der Waals surface area contributed by atoms with Crippen molar-refractivity contribution < 1.29 is 4.39 Å². The molecule has 0 aliphatic carbocycles. The lowest BCUT2D eigenvalue weighted by Crippen LogP contribution is -2.07. The van der Waals surface area contributed by atoms with E-state index in [4.69, 9.17) is 5.26 Å². The Morgan fingerprint density at radius 1 is 1.05 bits per heavy atom. The Balaban J connectivity index is 2.28. The summed E-state index contributed by atoms with van der Waals surface area (Å²) in [4.78, 5) is 0. The standard InChI is InChI=1S/C18H19FN2/c1-3-13-6-5-7-14(4-2)18(13)21-12-16-10-17(19)9-8-15(16)11-20/h5-10,21H,3-4,12H2,1-2H3. The number of rotatable bonds is 5. The van der Waals surface area contributed by atoms with Crippen LogP contribution in [0, 0.1) is 17.1 Å². The van der Waals surface area contributed by atoms with Gasteiger partial charge >= 0.3 is 0 Å². The zero-order valence-corrected chi connectivity index (χ0v) is 12.4. The number of anilines is 1. The monoisotopic (exact) mass is 282 g/mol. The van der Waals surface area contributed by atoms with Crippen molar-refractivity contribution in [3.63, 3.8) is 0 Å². The first-order chi connectivity index (χ1) is 10.2. The Labute approximate surface area is 125 Å². The second kappa shape index (κ2) is 6.90. The second-order valence-electron chi connectivity index (χ2n) is 4.93. The summed E-state index contributed by atoms with van der Waals surface area (Å²) in [6, 6.07) is 12.6. The lowest BCUT2D eigenvalue weighted by atomic mass is 10.0. The fraction of sp³-hybridized carbons (Fsp3) is 0.278. The Morgan fingerprint density at radius 2 is 1.71 bits per heavy atom. The highest BCUT2D eigenvalue weighted by Gasteiger charge is 2.08. The van der Waals surface area contributed by atoms with Crippen LogP contribution in [0.1, 0.15) is 36.1 Å². The van der Waals surface area contributed by atoms with Gasteiger partial charge in [0.1, 0.15) is 5.82 Å². The van der Waals surface area contributed by atoms with Crippen molar-refractivity contribution in [3.8, 4) is 6.07 Å². The molecule has 2 nitrogen and oxygen atoms in total. The van der Waals surface area contributed by atoms with E-state index < -0.39 is 0 Å². The zero-order chi connectivity index (χ0) is 15.2. The van der Waals surface area contributed by atoms with Gasteiger partial charge in [0.25, 0.3) is 0 Å². The maximum absolute atomic E-state index is 13.4. The smallest absolute Gasteiger partial charge is 0.123 e. The number of hydrogen-bond donors (Lipinski definition) is 1. The maximum Gasteiger partial charge on any atom is 0.123 e. The predicted molar refractivity (Wildman–Crippen MR) is 83.6 cm³/mol. The minimum absolute atomic E-state index is 0.315. The first-order valence-corrected chi connectivity index (χ1v) is 7.22. The van der Waals surface area contributed by atoms with Crippen molar-refractivity contribution in [2.75, 3.05) is 5.32 Å². The predicted octanol–water partition coefficient (Wildman–Crippen LogP) is 4.43. The zero-order valence-electron chi connectivity index (χ0n) is 12.4. The molecule has 108 valence electrons. The molecule has 0 amide bonds. The number of hydrogen-bond acceptors (Lipinski definition) is 2. The van der Waals surface area contributed by atoms with Gasteiger partial charge in [-0.3, -0.25) is 0 Å². The van der Waals surface area contributed by atoms with Gasteiger partial charge in [-0.2, -0.15) is 5.26 Å². The van der Waals surface area contributed by atoms with Crippen LogP contribution >= 0.6 is 0 Å². The molecular weight excluding hydrogens is 263 g/mol. The van der Waals surface area contributed by atoms with E-state index in [9.17, 15) is 4.39 Å². The van der Waals surface area contributed by atoms with Crippen molar-refractivity contribution in [2.24, 2.45) is 0 Å². The molecule has 21 heavy (non-hydrogen) atoms. The van der Waals surface area contributed by atoms with Gasteiger partial charge in [-0.1, -0.05) is 32.0 Å². The third kappa shape index (κ3) is 3.41. The number of halogens is 1. The van der Waals surface area contributed by atoms with Crippen LogP contribution < -0.4 is 5.32 Å². The Bertz CT molecular complexity index is 649. The summed E-state index contributed by atoms with van der Waals surface area (Å²) in [5.74, 6) is -0.315. The van der Waals surface area contributed by atoms with Crippen LogP contribution in [0.3, 0.4) is 0 Å². The lowest BCUT2D eigenvalue weighted by molar-refractivity contribution is 0.625. The first kappa shape index (κ1) is 15.1. The molecule has 0 aliphatic rings. The quantitative estimate of drug-likeness (QED) is 0.880. The fourth-order valence-electron chi connectivity index (χ4n) is 2.47. The highest BCUT2D eigenvalue weighted by atomic mass is 19.1. The van der Waals surface area contributed by atoms with Crippen LogP contribution in [0.15, 0.2) is 36.4 Å². The van der Waals surface area contributed by atoms with Gasteiger partial charge < -0.3 is 5.32 Å². The van der Waals surface area contributed by atoms with Crippen molar-refractivity contribution in [3.05, 3.63) is 64.5 Å². The third-order valence-electron chi connectivity index (χ3n) is 3.64. The molecule has 0 heterocycles. The summed E-state index contributed by atoms with van der Waals surface area (Å²) >= 11 is 0. The molecule has 2 rings (SSSR count). The number of aryl methyl sites for hydroxylation is 2. The van der Waals surface area contributed by atoms with Crippen molar-refractivity contribution in [1.29, 1.82) is 5.26 Å². The summed E-state index contributed by atoms with van der Waals surface area (Å²) in [5.41, 5.74) is 4.78. The molecule has 0 fully saturated rings. The van der Waals surface area contributed by atoms with Gasteiger partial charge in [0.15, 0.2) is 0 Å².